The van der Waals surface area contributed by atoms with Crippen LogP contribution in [0.25, 0.3) is 0 Å². The van der Waals surface area contributed by atoms with E-state index in [-0.39, 0.29) is 5.25 Å². The Balaban J connectivity index is 3.61. The fraction of sp³-hybridized carbons (Fsp3) is 1.00. The van der Waals surface area contributed by atoms with Crippen molar-refractivity contribution in [1.29, 1.82) is 0 Å². The maximum Gasteiger partial charge on any atom is 0.118 e. The number of hydrogen-bond donors (Lipinski definition) is 3. The van der Waals surface area contributed by atoms with Gasteiger partial charge in [-0.1, -0.05) is 6.92 Å². The van der Waals surface area contributed by atoms with E-state index < -0.39 is 6.23 Å². The third kappa shape index (κ3) is 5.24. The summed E-state index contributed by atoms with van der Waals surface area (Å²) >= 11 is 3.75. The van der Waals surface area contributed by atoms with Crippen LogP contribution < -0.4 is 8.85 Å². The number of halogens is 1. The van der Waals surface area contributed by atoms with Crippen LogP contribution in [0, 0.1) is 0 Å². The zero-order valence-corrected chi connectivity index (χ0v) is 9.78. The molecule has 2 atom stereocenters. The lowest BCUT2D eigenvalue weighted by molar-refractivity contribution is 0.138. The lowest BCUT2D eigenvalue weighted by Gasteiger charge is -2.20. The summed E-state index contributed by atoms with van der Waals surface area (Å²) in [5.74, 6) is 0. The van der Waals surface area contributed by atoms with Gasteiger partial charge in [-0.2, -0.15) is 11.8 Å². The van der Waals surface area contributed by atoms with Crippen molar-refractivity contribution in [3.63, 3.8) is 0 Å². The number of thioether (sulfide) groups is 1. The molecule has 0 radical (unpaired) electrons. The number of hydrogen-bond acceptors (Lipinski definition) is 4. The molecule has 0 aromatic heterocycles. The monoisotopic (exact) mass is 290 g/mol. The maximum absolute atomic E-state index is 9.46. The van der Waals surface area contributed by atoms with Crippen LogP contribution in [0.3, 0.4) is 0 Å². The number of aliphatic hydroxyl groups excluding tert-OH is 1. The van der Waals surface area contributed by atoms with Gasteiger partial charge in [-0.15, -0.1) is 0 Å². The molecule has 0 aliphatic heterocycles. The molecule has 5 heteroatoms. The SMILES string of the molecule is CCNC(O)C(CNI)SC. The first kappa shape index (κ1) is 12.0. The molecule has 0 aliphatic rings. The van der Waals surface area contributed by atoms with Gasteiger partial charge >= 0.3 is 0 Å². The standard InChI is InChI=1S/C6H15IN2OS/c1-3-8-6(10)5(11-2)4-9-7/h5-6,8-10H,3-4H2,1-2H3. The van der Waals surface area contributed by atoms with Crippen molar-refractivity contribution < 1.29 is 5.11 Å². The molecular formula is C6H15IN2OS. The molecule has 0 rings (SSSR count). The normalized spacial score (nSPS) is 16.4. The fourth-order valence-corrected chi connectivity index (χ4v) is 2.12. The highest BCUT2D eigenvalue weighted by Crippen LogP contribution is 2.08. The second kappa shape index (κ2) is 7.60. The summed E-state index contributed by atoms with van der Waals surface area (Å²) in [6.45, 7) is 3.60. The summed E-state index contributed by atoms with van der Waals surface area (Å²) in [4.78, 5) is 0. The van der Waals surface area contributed by atoms with E-state index in [1.165, 1.54) is 0 Å². The maximum atomic E-state index is 9.46. The van der Waals surface area contributed by atoms with Crippen LogP contribution in [-0.2, 0) is 0 Å². The van der Waals surface area contributed by atoms with Gasteiger partial charge in [0.05, 0.1) is 5.25 Å². The first-order chi connectivity index (χ1) is 5.26. The van der Waals surface area contributed by atoms with Crippen molar-refractivity contribution in [3.05, 3.63) is 0 Å². The van der Waals surface area contributed by atoms with Gasteiger partial charge in [-0.3, -0.25) is 8.85 Å². The fourth-order valence-electron chi connectivity index (χ4n) is 0.740. The first-order valence-corrected chi connectivity index (χ1v) is 5.90. The Hall–Kier alpha value is 0.960. The van der Waals surface area contributed by atoms with Crippen LogP contribution in [0.1, 0.15) is 6.92 Å². The molecule has 0 fully saturated rings. The molecular weight excluding hydrogens is 275 g/mol. The summed E-state index contributed by atoms with van der Waals surface area (Å²) in [5.41, 5.74) is 0. The van der Waals surface area contributed by atoms with Crippen LogP contribution in [0.2, 0.25) is 0 Å². The molecule has 11 heavy (non-hydrogen) atoms. The Kier molecular flexibility index (Phi) is 8.26. The van der Waals surface area contributed by atoms with E-state index in [0.29, 0.717) is 0 Å². The van der Waals surface area contributed by atoms with Crippen LogP contribution >= 0.6 is 34.6 Å². The minimum absolute atomic E-state index is 0.229. The molecule has 0 spiro atoms. The summed E-state index contributed by atoms with van der Waals surface area (Å²) in [6, 6.07) is 0. The van der Waals surface area contributed by atoms with E-state index in [9.17, 15) is 5.11 Å². The topological polar surface area (TPSA) is 44.3 Å². The molecule has 3 N–H and O–H groups in total. The van der Waals surface area contributed by atoms with Crippen LogP contribution in [0.4, 0.5) is 0 Å². The Morgan fingerprint density at radius 3 is 2.64 bits per heavy atom. The largest absolute Gasteiger partial charge is 0.377 e. The van der Waals surface area contributed by atoms with Crippen molar-refractivity contribution in [3.8, 4) is 0 Å². The van der Waals surface area contributed by atoms with Crippen LogP contribution in [0.15, 0.2) is 0 Å². The predicted molar refractivity (Wildman–Crippen MR) is 59.0 cm³/mol. The Bertz CT molecular complexity index is 96.7. The van der Waals surface area contributed by atoms with Gasteiger partial charge in [0, 0.05) is 29.4 Å². The zero-order valence-electron chi connectivity index (χ0n) is 6.80. The zero-order chi connectivity index (χ0) is 8.69. The van der Waals surface area contributed by atoms with Crippen molar-refractivity contribution in [2.45, 2.75) is 18.4 Å². The number of rotatable bonds is 6. The Morgan fingerprint density at radius 1 is 1.64 bits per heavy atom. The molecule has 0 amide bonds. The smallest absolute Gasteiger partial charge is 0.118 e. The summed E-state index contributed by atoms with van der Waals surface area (Å²) < 4.78 is 3.01. The van der Waals surface area contributed by atoms with Crippen molar-refractivity contribution in [2.24, 2.45) is 0 Å². The van der Waals surface area contributed by atoms with Crippen LogP contribution in [0.5, 0.6) is 0 Å². The second-order valence-corrected chi connectivity index (χ2v) is 3.95. The second-order valence-electron chi connectivity index (χ2n) is 2.11. The third-order valence-electron chi connectivity index (χ3n) is 1.35. The third-order valence-corrected chi connectivity index (χ3v) is 2.82. The molecule has 0 heterocycles. The van der Waals surface area contributed by atoms with Gasteiger partial charge < -0.3 is 5.11 Å². The van der Waals surface area contributed by atoms with Gasteiger partial charge in [0.25, 0.3) is 0 Å². The minimum atomic E-state index is -0.405. The lowest BCUT2D eigenvalue weighted by atomic mass is 10.3. The molecule has 0 saturated heterocycles. The van der Waals surface area contributed by atoms with Crippen molar-refractivity contribution in [1.82, 2.24) is 8.85 Å². The number of nitrogens with one attached hydrogen (secondary N) is 2. The van der Waals surface area contributed by atoms with E-state index in [0.717, 1.165) is 13.1 Å². The summed E-state index contributed by atoms with van der Waals surface area (Å²) in [7, 11) is 0. The Labute approximate surface area is 86.2 Å². The highest BCUT2D eigenvalue weighted by atomic mass is 127. The van der Waals surface area contributed by atoms with Crippen molar-refractivity contribution in [2.75, 3.05) is 19.3 Å². The highest BCUT2D eigenvalue weighted by Gasteiger charge is 2.15. The van der Waals surface area contributed by atoms with E-state index in [2.05, 4.69) is 31.7 Å². The van der Waals surface area contributed by atoms with Gasteiger partial charge in [-0.25, -0.2) is 0 Å². The van der Waals surface area contributed by atoms with Gasteiger partial charge in [0.15, 0.2) is 0 Å². The van der Waals surface area contributed by atoms with Gasteiger partial charge in [0.1, 0.15) is 6.23 Å². The highest BCUT2D eigenvalue weighted by molar-refractivity contribution is 14.1. The first-order valence-electron chi connectivity index (χ1n) is 3.54. The van der Waals surface area contributed by atoms with Crippen LogP contribution in [-0.4, -0.2) is 35.9 Å². The summed E-state index contributed by atoms with van der Waals surface area (Å²) in [5, 5.41) is 12.7. The van der Waals surface area contributed by atoms with E-state index in [1.54, 1.807) is 11.8 Å². The molecule has 0 saturated carbocycles. The average Bonchev–Trinajstić information content (AvgIpc) is 2.00. The quantitative estimate of drug-likeness (QED) is 0.380. The molecule has 0 aliphatic carbocycles. The van der Waals surface area contributed by atoms with E-state index in [4.69, 9.17) is 0 Å². The lowest BCUT2D eigenvalue weighted by Crippen LogP contribution is -2.41. The average molecular weight is 290 g/mol. The van der Waals surface area contributed by atoms with E-state index in [1.807, 2.05) is 13.2 Å². The minimum Gasteiger partial charge on any atom is -0.377 e. The van der Waals surface area contributed by atoms with E-state index >= 15 is 0 Å². The molecule has 0 aromatic rings. The molecule has 3 nitrogen and oxygen atoms in total. The Morgan fingerprint density at radius 2 is 2.27 bits per heavy atom. The van der Waals surface area contributed by atoms with Gasteiger partial charge in [0.2, 0.25) is 0 Å². The number of aliphatic hydroxyl groups is 1. The van der Waals surface area contributed by atoms with Crippen molar-refractivity contribution >= 4 is 34.6 Å². The molecule has 0 bridgehead atoms. The molecule has 0 aromatic carbocycles. The van der Waals surface area contributed by atoms with Gasteiger partial charge in [-0.05, 0) is 12.8 Å². The molecule has 68 valence electrons. The predicted octanol–water partition coefficient (Wildman–Crippen LogP) is 0.586. The molecule has 2 unspecified atom stereocenters. The summed E-state index contributed by atoms with van der Waals surface area (Å²) in [6.07, 6.45) is 1.59.